The Kier molecular flexibility index (Phi) is 29.2. The van der Waals surface area contributed by atoms with Gasteiger partial charge in [0.2, 0.25) is 0 Å². The molecule has 0 N–H and O–H groups in total. The summed E-state index contributed by atoms with van der Waals surface area (Å²) < 4.78 is 33.6. The van der Waals surface area contributed by atoms with Crippen LogP contribution in [-0.2, 0) is 78.1 Å². The summed E-state index contributed by atoms with van der Waals surface area (Å²) in [5.41, 5.74) is 10.3. The van der Waals surface area contributed by atoms with Gasteiger partial charge in [0.05, 0.1) is 48.5 Å². The van der Waals surface area contributed by atoms with Crippen LogP contribution < -0.4 is 0 Å². The molecule has 4 aliphatic rings. The van der Waals surface area contributed by atoms with Crippen molar-refractivity contribution in [2.75, 3.05) is 46.2 Å². The van der Waals surface area contributed by atoms with Crippen molar-refractivity contribution in [2.24, 2.45) is 35.5 Å². The van der Waals surface area contributed by atoms with Crippen molar-refractivity contribution in [2.45, 2.75) is 235 Å². The zero-order chi connectivity index (χ0) is 67.1. The lowest BCUT2D eigenvalue weighted by molar-refractivity contribution is -0.150. The predicted molar refractivity (Wildman–Crippen MR) is 356 cm³/mol. The van der Waals surface area contributed by atoms with Crippen molar-refractivity contribution < 1.29 is 52.5 Å². The van der Waals surface area contributed by atoms with Gasteiger partial charge in [-0.1, -0.05) is 119 Å². The highest BCUT2D eigenvalue weighted by atomic mass is 16.5. The van der Waals surface area contributed by atoms with Gasteiger partial charge >= 0.3 is 11.9 Å². The molecule has 5 unspecified atom stereocenters. The number of aryl methyl sites for hydroxylation is 1. The first-order valence-electron chi connectivity index (χ1n) is 34.8. The minimum Gasteiger partial charge on any atom is -0.465 e. The first-order valence-corrected chi connectivity index (χ1v) is 34.8. The van der Waals surface area contributed by atoms with Crippen LogP contribution in [0.3, 0.4) is 0 Å². The van der Waals surface area contributed by atoms with Gasteiger partial charge in [0.1, 0.15) is 41.4 Å². The number of benzene rings is 2. The van der Waals surface area contributed by atoms with Crippen molar-refractivity contribution in [3.63, 3.8) is 0 Å². The number of hydrogen-bond acceptors (Lipinski definition) is 17. The SMILES string of the molecule is CC(C)C(=O)CCOCCCC(=O)CCC(=O)C1Cc2ccccc2-c2c(nnn2C(C)C)-c2ccccc21.CC(C)C(=O)OCCCC(=O)OCC1C2CCc3nnn(C(C)C)c3CCC21.CC(C)COCCCC(=O)COC1CCCCCc2c1nnn2C(C)C. The summed E-state index contributed by atoms with van der Waals surface area (Å²) in [5.74, 6) is 1.83. The van der Waals surface area contributed by atoms with E-state index in [2.05, 4.69) is 103 Å². The van der Waals surface area contributed by atoms with Gasteiger partial charge in [0, 0.05) is 99.4 Å². The minimum atomic E-state index is -0.366. The third kappa shape index (κ3) is 21.7. The Bertz CT molecular complexity index is 3210. The Morgan fingerprint density at radius 3 is 1.91 bits per heavy atom. The molecule has 5 atom stereocenters. The Hall–Kier alpha value is -6.64. The van der Waals surface area contributed by atoms with Crippen molar-refractivity contribution in [3.8, 4) is 22.5 Å². The molecule has 0 saturated heterocycles. The molecule has 93 heavy (non-hydrogen) atoms. The molecule has 0 amide bonds. The van der Waals surface area contributed by atoms with E-state index in [9.17, 15) is 28.8 Å². The fourth-order valence-electron chi connectivity index (χ4n) is 12.7. The molecule has 4 aliphatic carbocycles. The van der Waals surface area contributed by atoms with Gasteiger partial charge in [-0.15, -0.1) is 15.3 Å². The number of esters is 2. The lowest BCUT2D eigenvalue weighted by atomic mass is 9.79. The van der Waals surface area contributed by atoms with Crippen LogP contribution >= 0.6 is 0 Å². The van der Waals surface area contributed by atoms with Gasteiger partial charge in [-0.3, -0.25) is 28.8 Å². The monoisotopic (exact) mass is 1290 g/mol. The molecule has 9 rings (SSSR count). The van der Waals surface area contributed by atoms with Gasteiger partial charge < -0.3 is 23.7 Å². The molecular formula is C73H107N9O11. The van der Waals surface area contributed by atoms with Gasteiger partial charge in [-0.05, 0) is 147 Å². The number of fused-ring (bicyclic) bond motifs is 8. The maximum atomic E-state index is 13.6. The van der Waals surface area contributed by atoms with Crippen LogP contribution in [0.25, 0.3) is 22.5 Å². The van der Waals surface area contributed by atoms with E-state index in [1.54, 1.807) is 13.8 Å². The van der Waals surface area contributed by atoms with E-state index in [-0.39, 0.29) is 91.0 Å². The molecule has 1 fully saturated rings. The lowest BCUT2D eigenvalue weighted by Gasteiger charge is -2.24. The average molecular weight is 1290 g/mol. The molecule has 20 nitrogen and oxygen atoms in total. The number of Topliss-reactive ketones (excluding diaryl/α,β-unsaturated/α-hetero) is 4. The molecule has 510 valence electrons. The zero-order valence-corrected chi connectivity index (χ0v) is 57.9. The second-order valence-corrected chi connectivity index (χ2v) is 27.6. The first-order chi connectivity index (χ1) is 44.6. The molecule has 1 saturated carbocycles. The number of carbonyl (C=O) groups is 6. The normalized spacial score (nSPS) is 18.2. The summed E-state index contributed by atoms with van der Waals surface area (Å²) in [6, 6.07) is 16.9. The maximum absolute atomic E-state index is 13.6. The molecule has 0 spiro atoms. The van der Waals surface area contributed by atoms with Gasteiger partial charge in [-0.2, -0.15) is 0 Å². The van der Waals surface area contributed by atoms with E-state index in [0.717, 1.165) is 109 Å². The minimum absolute atomic E-state index is 0.0158. The second kappa shape index (κ2) is 36.9. The van der Waals surface area contributed by atoms with Crippen molar-refractivity contribution in [1.82, 2.24) is 45.0 Å². The predicted octanol–water partition coefficient (Wildman–Crippen LogP) is 13.3. The molecular weight excluding hydrogens is 1180 g/mol. The fourth-order valence-corrected chi connectivity index (χ4v) is 12.7. The fraction of sp³-hybridized carbons (Fsp3) is 0.671. The number of aromatic nitrogens is 9. The average Bonchev–Trinajstić information content (AvgIpc) is 1.75. The molecule has 5 aromatic rings. The number of nitrogens with zero attached hydrogens (tertiary/aromatic N) is 9. The summed E-state index contributed by atoms with van der Waals surface area (Å²) in [7, 11) is 0. The molecule has 3 aromatic heterocycles. The van der Waals surface area contributed by atoms with Crippen molar-refractivity contribution in [1.29, 1.82) is 0 Å². The quantitative estimate of drug-likeness (QED) is 0.0296. The highest BCUT2D eigenvalue weighted by molar-refractivity contribution is 5.94. The summed E-state index contributed by atoms with van der Waals surface area (Å²) >= 11 is 0. The van der Waals surface area contributed by atoms with Crippen molar-refractivity contribution >= 4 is 35.1 Å². The van der Waals surface area contributed by atoms with E-state index >= 15 is 0 Å². The third-order valence-corrected chi connectivity index (χ3v) is 18.0. The van der Waals surface area contributed by atoms with Crippen LogP contribution in [0, 0.1) is 35.5 Å². The zero-order valence-electron chi connectivity index (χ0n) is 57.9. The van der Waals surface area contributed by atoms with Gasteiger partial charge in [0.25, 0.3) is 0 Å². The van der Waals surface area contributed by atoms with E-state index in [1.165, 1.54) is 17.8 Å². The Morgan fingerprint density at radius 2 is 1.20 bits per heavy atom. The number of carbonyl (C=O) groups excluding carboxylic acids is 6. The van der Waals surface area contributed by atoms with E-state index in [1.807, 2.05) is 59.6 Å². The molecule has 2 aromatic carbocycles. The summed E-state index contributed by atoms with van der Waals surface area (Å²) in [6.45, 7) is 27.5. The Labute approximate surface area is 552 Å². The van der Waals surface area contributed by atoms with Crippen LogP contribution in [-0.4, -0.2) is 126 Å². The second-order valence-electron chi connectivity index (χ2n) is 27.6. The number of ether oxygens (including phenoxy) is 5. The largest absolute Gasteiger partial charge is 0.465 e. The summed E-state index contributed by atoms with van der Waals surface area (Å²) in [4.78, 5) is 73.4. The summed E-state index contributed by atoms with van der Waals surface area (Å²) in [5, 5.41) is 26.5. The van der Waals surface area contributed by atoms with Crippen LogP contribution in [0.1, 0.15) is 243 Å². The highest BCUT2D eigenvalue weighted by Gasteiger charge is 2.50. The lowest BCUT2D eigenvalue weighted by Crippen LogP contribution is -2.19. The molecule has 20 heteroatoms. The van der Waals surface area contributed by atoms with Crippen LogP contribution in [0.4, 0.5) is 0 Å². The third-order valence-electron chi connectivity index (χ3n) is 18.0. The number of ketones is 4. The van der Waals surface area contributed by atoms with Crippen LogP contribution in [0.2, 0.25) is 0 Å². The highest BCUT2D eigenvalue weighted by Crippen LogP contribution is 2.53. The smallest absolute Gasteiger partial charge is 0.308 e. The van der Waals surface area contributed by atoms with Crippen LogP contribution in [0.15, 0.2) is 48.5 Å². The number of hydrogen-bond donors (Lipinski definition) is 0. The van der Waals surface area contributed by atoms with Gasteiger partial charge in [0.15, 0.2) is 5.78 Å². The van der Waals surface area contributed by atoms with Crippen LogP contribution in [0.5, 0.6) is 0 Å². The van der Waals surface area contributed by atoms with Gasteiger partial charge in [-0.25, -0.2) is 14.0 Å². The molecule has 0 aliphatic heterocycles. The molecule has 3 heterocycles. The van der Waals surface area contributed by atoms with E-state index < -0.39 is 0 Å². The Balaban J connectivity index is 0.000000203. The molecule has 0 bridgehead atoms. The first kappa shape index (κ1) is 73.8. The van der Waals surface area contributed by atoms with E-state index in [4.69, 9.17) is 23.7 Å². The molecule has 0 radical (unpaired) electrons. The topological polar surface area (TPSA) is 241 Å². The summed E-state index contributed by atoms with van der Waals surface area (Å²) in [6.07, 6.45) is 13.9. The maximum Gasteiger partial charge on any atom is 0.308 e. The van der Waals surface area contributed by atoms with E-state index in [0.29, 0.717) is 107 Å². The number of rotatable bonds is 31. The Morgan fingerprint density at radius 1 is 0.559 bits per heavy atom. The standard InChI is InChI=1S/C32H39N3O4.C21H33N3O4.C20H35N3O3/c1-21(2)29(37)17-19-39-18-9-11-24(36)15-16-30(38)28-20-23-10-5-6-12-25(23)32-31(33-34-35(32)22(3)4)27-14-8-7-13-26(27)28;1-13(2)21(26)27-11-5-6-20(25)28-12-17-15-7-9-18-19(10-8-16(15)17)24(14(3)4)23-22-18;1-15(2)13-25-12-8-9-17(24)14-26-19-11-7-5-6-10-18-20(19)21-22-23(18)16(3)4/h5-8,10,12-14,21-22,28H,9,11,15-20H2,1-4H3;13-17H,5-12H2,1-4H3;15-16,19H,5-14H2,1-4H3. The van der Waals surface area contributed by atoms with Crippen molar-refractivity contribution in [3.05, 3.63) is 82.4 Å².